The third kappa shape index (κ3) is 35.1. The average Bonchev–Trinajstić information content (AvgIpc) is 3.28. The minimum Gasteiger partial charge on any atom is -0.462 e. The third-order valence-corrected chi connectivity index (χ3v) is 12.4. The van der Waals surface area contributed by atoms with Crippen LogP contribution in [0.4, 0.5) is 0 Å². The highest BCUT2D eigenvalue weighted by Crippen LogP contribution is 2.23. The molecule has 0 aromatic rings. The number of aliphatic hydroxyl groups is 4. The predicted octanol–water partition coefficient (Wildman–Crippen LogP) is 12.4. The quantitative estimate of drug-likeness (QED) is 0.0264. The van der Waals surface area contributed by atoms with Crippen LogP contribution in [-0.4, -0.2) is 89.0 Å². The van der Waals surface area contributed by atoms with Gasteiger partial charge in [-0.2, -0.15) is 0 Å². The smallest absolute Gasteiger partial charge is 0.306 e. The lowest BCUT2D eigenvalue weighted by atomic mass is 9.99. The molecule has 0 spiro atoms. The number of hydrogen-bond donors (Lipinski definition) is 4. The second kappa shape index (κ2) is 44.1. The Morgan fingerprint density at radius 2 is 0.889 bits per heavy atom. The molecule has 370 valence electrons. The Labute approximate surface area is 385 Å². The lowest BCUT2D eigenvalue weighted by Crippen LogP contribution is -2.59. The maximum absolute atomic E-state index is 12.8. The standard InChI is InChI=1S/C53H98O10/c1-3-5-7-9-11-13-15-17-19-20-21-22-23-24-25-26-28-29-31-33-35-37-39-41-48(55)60-44-46(45-61-53-52(59)51(58)50(57)47(43-54)63-53)62-49(56)42-40-38-36-34-32-30-27-18-16-14-12-10-8-6-4-2/h16,27,46-47,50-54,57-59H,3-15,17,19-26,28-45H2,1-2H3/t18?,46-,47-,50+,51?,52?,53-/m0/s1. The van der Waals surface area contributed by atoms with Gasteiger partial charge in [0, 0.05) is 12.8 Å². The van der Waals surface area contributed by atoms with Crippen molar-refractivity contribution in [2.45, 2.75) is 288 Å². The number of esters is 2. The summed E-state index contributed by atoms with van der Waals surface area (Å²) in [6.45, 7) is 3.43. The molecule has 1 aliphatic heterocycles. The van der Waals surface area contributed by atoms with Crippen LogP contribution in [0.2, 0.25) is 0 Å². The maximum atomic E-state index is 12.8. The number of allylic oxidation sites excluding steroid dienone is 1. The molecule has 1 saturated heterocycles. The monoisotopic (exact) mass is 895 g/mol. The molecule has 1 aliphatic rings. The van der Waals surface area contributed by atoms with E-state index in [2.05, 4.69) is 31.7 Å². The maximum Gasteiger partial charge on any atom is 0.306 e. The summed E-state index contributed by atoms with van der Waals surface area (Å²) in [5.41, 5.74) is 3.30. The van der Waals surface area contributed by atoms with Gasteiger partial charge >= 0.3 is 11.9 Å². The largest absolute Gasteiger partial charge is 0.462 e. The number of carbonyl (C=O) groups is 2. The summed E-state index contributed by atoms with van der Waals surface area (Å²) in [6.07, 6.45) is 40.1. The fourth-order valence-electron chi connectivity index (χ4n) is 8.23. The summed E-state index contributed by atoms with van der Waals surface area (Å²) in [4.78, 5) is 25.4. The fourth-order valence-corrected chi connectivity index (χ4v) is 8.23. The van der Waals surface area contributed by atoms with Gasteiger partial charge in [0.2, 0.25) is 0 Å². The van der Waals surface area contributed by atoms with Crippen LogP contribution >= 0.6 is 0 Å². The summed E-state index contributed by atoms with van der Waals surface area (Å²) >= 11 is 0. The van der Waals surface area contributed by atoms with E-state index in [0.717, 1.165) is 57.8 Å². The Bertz CT molecular complexity index is 1090. The van der Waals surface area contributed by atoms with Crippen LogP contribution in [0.1, 0.15) is 251 Å². The average molecular weight is 895 g/mol. The van der Waals surface area contributed by atoms with Crippen molar-refractivity contribution in [3.8, 4) is 0 Å². The normalized spacial score (nSPS) is 19.1. The van der Waals surface area contributed by atoms with Gasteiger partial charge in [-0.15, -0.1) is 5.73 Å². The van der Waals surface area contributed by atoms with E-state index in [0.29, 0.717) is 6.42 Å². The Kier molecular flexibility index (Phi) is 41.4. The number of unbranched alkanes of at least 4 members (excludes halogenated alkanes) is 32. The highest BCUT2D eigenvalue weighted by atomic mass is 16.7. The molecule has 10 heteroatoms. The van der Waals surface area contributed by atoms with Crippen LogP contribution in [0.3, 0.4) is 0 Å². The van der Waals surface area contributed by atoms with Gasteiger partial charge < -0.3 is 39.4 Å². The van der Waals surface area contributed by atoms with Gasteiger partial charge in [0.05, 0.1) is 13.2 Å². The van der Waals surface area contributed by atoms with E-state index in [9.17, 15) is 30.0 Å². The SMILES string of the molecule is CCCCCCCC=C=CCCCCCCCC(=O)O[C@@H](COC(=O)CCCCCCCCCCCCCCCCCCCCCCCCC)CO[C@H]1O[C@@H](CO)[C@@H](O)C(O)C1O. The van der Waals surface area contributed by atoms with Crippen molar-refractivity contribution >= 4 is 11.9 Å². The first-order chi connectivity index (χ1) is 30.8. The molecule has 0 saturated carbocycles. The van der Waals surface area contributed by atoms with Crippen molar-refractivity contribution in [3.63, 3.8) is 0 Å². The summed E-state index contributed by atoms with van der Waals surface area (Å²) in [5, 5.41) is 40.2. The minimum absolute atomic E-state index is 0.213. The molecule has 0 aromatic heterocycles. The van der Waals surface area contributed by atoms with E-state index >= 15 is 0 Å². The molecule has 1 heterocycles. The molecule has 2 unspecified atom stereocenters. The van der Waals surface area contributed by atoms with Crippen LogP contribution in [-0.2, 0) is 28.5 Å². The van der Waals surface area contributed by atoms with Crippen LogP contribution < -0.4 is 0 Å². The summed E-state index contributed by atoms with van der Waals surface area (Å²) < 4.78 is 22.2. The molecular weight excluding hydrogens is 797 g/mol. The van der Waals surface area contributed by atoms with Gasteiger partial charge in [0.1, 0.15) is 31.0 Å². The summed E-state index contributed by atoms with van der Waals surface area (Å²) in [5.74, 6) is -0.814. The number of hydrogen-bond acceptors (Lipinski definition) is 10. The number of aliphatic hydroxyl groups excluding tert-OH is 4. The minimum atomic E-state index is -1.60. The zero-order chi connectivity index (χ0) is 45.9. The van der Waals surface area contributed by atoms with Crippen LogP contribution in [0, 0.1) is 0 Å². The lowest BCUT2D eigenvalue weighted by Gasteiger charge is -2.39. The topological polar surface area (TPSA) is 152 Å². The van der Waals surface area contributed by atoms with Crippen molar-refractivity contribution in [2.75, 3.05) is 19.8 Å². The Morgan fingerprint density at radius 1 is 0.508 bits per heavy atom. The second-order valence-electron chi connectivity index (χ2n) is 18.4. The Balaban J connectivity index is 2.22. The molecule has 0 aromatic carbocycles. The second-order valence-corrected chi connectivity index (χ2v) is 18.4. The highest BCUT2D eigenvalue weighted by Gasteiger charge is 2.44. The van der Waals surface area contributed by atoms with E-state index < -0.39 is 49.4 Å². The summed E-state index contributed by atoms with van der Waals surface area (Å²) in [7, 11) is 0. The fraction of sp³-hybridized carbons (Fsp3) is 0.906. The van der Waals surface area contributed by atoms with Crippen molar-refractivity contribution in [1.82, 2.24) is 0 Å². The Morgan fingerprint density at radius 3 is 1.30 bits per heavy atom. The molecule has 63 heavy (non-hydrogen) atoms. The summed E-state index contributed by atoms with van der Waals surface area (Å²) in [6, 6.07) is 0. The third-order valence-electron chi connectivity index (χ3n) is 12.4. The molecule has 0 aliphatic carbocycles. The van der Waals surface area contributed by atoms with Gasteiger partial charge in [-0.05, 0) is 50.7 Å². The first-order valence-corrected chi connectivity index (χ1v) is 26.5. The number of rotatable bonds is 45. The molecule has 10 nitrogen and oxygen atoms in total. The molecule has 0 radical (unpaired) electrons. The van der Waals surface area contributed by atoms with Gasteiger partial charge in [0.25, 0.3) is 0 Å². The van der Waals surface area contributed by atoms with E-state index in [-0.39, 0.29) is 32.0 Å². The zero-order valence-corrected chi connectivity index (χ0v) is 40.6. The first kappa shape index (κ1) is 59.2. The van der Waals surface area contributed by atoms with Gasteiger partial charge in [-0.25, -0.2) is 0 Å². The zero-order valence-electron chi connectivity index (χ0n) is 40.6. The van der Waals surface area contributed by atoms with Crippen LogP contribution in [0.15, 0.2) is 17.9 Å². The van der Waals surface area contributed by atoms with Gasteiger partial charge in [-0.3, -0.25) is 9.59 Å². The molecule has 0 amide bonds. The van der Waals surface area contributed by atoms with E-state index in [1.807, 2.05) is 0 Å². The van der Waals surface area contributed by atoms with Crippen LogP contribution in [0.5, 0.6) is 0 Å². The molecule has 1 rings (SSSR count). The first-order valence-electron chi connectivity index (χ1n) is 26.5. The van der Waals surface area contributed by atoms with E-state index in [1.165, 1.54) is 161 Å². The predicted molar refractivity (Wildman–Crippen MR) is 255 cm³/mol. The molecule has 6 atom stereocenters. The highest BCUT2D eigenvalue weighted by molar-refractivity contribution is 5.70. The molecule has 4 N–H and O–H groups in total. The Hall–Kier alpha value is -1.78. The van der Waals surface area contributed by atoms with Crippen molar-refractivity contribution < 1.29 is 49.0 Å². The van der Waals surface area contributed by atoms with E-state index in [4.69, 9.17) is 18.9 Å². The molecule has 1 fully saturated rings. The van der Waals surface area contributed by atoms with Gasteiger partial charge in [0.15, 0.2) is 12.4 Å². The molecular formula is C53H98O10. The number of ether oxygens (including phenoxy) is 4. The van der Waals surface area contributed by atoms with Crippen molar-refractivity contribution in [3.05, 3.63) is 17.9 Å². The van der Waals surface area contributed by atoms with Crippen molar-refractivity contribution in [2.24, 2.45) is 0 Å². The lowest BCUT2D eigenvalue weighted by molar-refractivity contribution is -0.305. The van der Waals surface area contributed by atoms with Gasteiger partial charge in [-0.1, -0.05) is 200 Å². The van der Waals surface area contributed by atoms with Crippen molar-refractivity contribution in [1.29, 1.82) is 0 Å². The molecule has 0 bridgehead atoms. The van der Waals surface area contributed by atoms with E-state index in [1.54, 1.807) is 0 Å². The van der Waals surface area contributed by atoms with Crippen LogP contribution in [0.25, 0.3) is 0 Å². The number of carbonyl (C=O) groups excluding carboxylic acids is 2.